The van der Waals surface area contributed by atoms with Crippen LogP contribution in [0.2, 0.25) is 10.0 Å². The van der Waals surface area contributed by atoms with Crippen molar-refractivity contribution in [1.29, 1.82) is 0 Å². The average Bonchev–Trinajstić information content (AvgIpc) is 2.88. The summed E-state index contributed by atoms with van der Waals surface area (Å²) in [6, 6.07) is 9.19. The van der Waals surface area contributed by atoms with Crippen LogP contribution in [0, 0.1) is 0 Å². The summed E-state index contributed by atoms with van der Waals surface area (Å²) in [7, 11) is 0. The molecule has 5 heteroatoms. The molecule has 0 spiro atoms. The first-order chi connectivity index (χ1) is 9.62. The number of benzene rings is 1. The van der Waals surface area contributed by atoms with Gasteiger partial charge in [-0.15, -0.1) is 0 Å². The Balaban J connectivity index is 2.08. The predicted octanol–water partition coefficient (Wildman–Crippen LogP) is 4.11. The van der Waals surface area contributed by atoms with Gasteiger partial charge >= 0.3 is 0 Å². The van der Waals surface area contributed by atoms with Crippen molar-refractivity contribution in [3.63, 3.8) is 0 Å². The maximum absolute atomic E-state index is 9.13. The minimum Gasteiger partial charge on any atom is -0.460 e. The summed E-state index contributed by atoms with van der Waals surface area (Å²) in [5.41, 5.74) is 0.850. The number of furan rings is 1. The molecule has 1 aromatic heterocycles. The van der Waals surface area contributed by atoms with E-state index in [1.807, 2.05) is 31.2 Å². The largest absolute Gasteiger partial charge is 0.460 e. The van der Waals surface area contributed by atoms with Crippen LogP contribution in [0.1, 0.15) is 19.1 Å². The van der Waals surface area contributed by atoms with E-state index >= 15 is 0 Å². The van der Waals surface area contributed by atoms with E-state index in [0.717, 1.165) is 23.5 Å². The summed E-state index contributed by atoms with van der Waals surface area (Å²) in [6.45, 7) is 2.72. The van der Waals surface area contributed by atoms with E-state index in [-0.39, 0.29) is 12.6 Å². The second kappa shape index (κ2) is 7.14. The first kappa shape index (κ1) is 15.4. The van der Waals surface area contributed by atoms with Crippen molar-refractivity contribution in [3.05, 3.63) is 46.1 Å². The van der Waals surface area contributed by atoms with Crippen LogP contribution in [-0.2, 0) is 6.54 Å². The first-order valence-electron chi connectivity index (χ1n) is 6.51. The van der Waals surface area contributed by atoms with E-state index in [9.17, 15) is 0 Å². The van der Waals surface area contributed by atoms with Crippen molar-refractivity contribution >= 4 is 23.2 Å². The maximum Gasteiger partial charge on any atom is 0.134 e. The Morgan fingerprint density at radius 3 is 2.50 bits per heavy atom. The molecule has 0 saturated carbocycles. The molecule has 0 aliphatic rings. The van der Waals surface area contributed by atoms with Crippen molar-refractivity contribution < 1.29 is 9.52 Å². The number of hydrogen-bond acceptors (Lipinski definition) is 3. The number of rotatable bonds is 6. The summed E-state index contributed by atoms with van der Waals surface area (Å²) >= 11 is 12.0. The molecule has 0 unspecified atom stereocenters. The van der Waals surface area contributed by atoms with Gasteiger partial charge in [-0.25, -0.2) is 0 Å². The quantitative estimate of drug-likeness (QED) is 0.843. The molecule has 0 fully saturated rings. The molecule has 0 radical (unpaired) electrons. The second-order valence-electron chi connectivity index (χ2n) is 4.59. The highest BCUT2D eigenvalue weighted by molar-refractivity contribution is 6.35. The van der Waals surface area contributed by atoms with E-state index in [4.69, 9.17) is 32.7 Å². The Morgan fingerprint density at radius 2 is 1.90 bits per heavy atom. The highest BCUT2D eigenvalue weighted by atomic mass is 35.5. The zero-order valence-electron chi connectivity index (χ0n) is 11.2. The van der Waals surface area contributed by atoms with Gasteiger partial charge in [-0.1, -0.05) is 30.1 Å². The van der Waals surface area contributed by atoms with Gasteiger partial charge in [-0.05, 0) is 36.8 Å². The molecule has 1 atom stereocenters. The van der Waals surface area contributed by atoms with Crippen molar-refractivity contribution in [3.8, 4) is 11.3 Å². The molecule has 0 amide bonds. The summed E-state index contributed by atoms with van der Waals surface area (Å²) < 4.78 is 5.76. The fourth-order valence-electron chi connectivity index (χ4n) is 1.91. The lowest BCUT2D eigenvalue weighted by molar-refractivity contribution is 0.235. The Kier molecular flexibility index (Phi) is 5.49. The van der Waals surface area contributed by atoms with Crippen LogP contribution >= 0.6 is 23.2 Å². The van der Waals surface area contributed by atoms with Crippen molar-refractivity contribution in [2.45, 2.75) is 25.9 Å². The molecule has 108 valence electrons. The van der Waals surface area contributed by atoms with Gasteiger partial charge in [0.1, 0.15) is 11.5 Å². The zero-order valence-corrected chi connectivity index (χ0v) is 12.7. The van der Waals surface area contributed by atoms with Crippen LogP contribution in [-0.4, -0.2) is 17.8 Å². The molecular weight excluding hydrogens is 297 g/mol. The van der Waals surface area contributed by atoms with Gasteiger partial charge < -0.3 is 14.8 Å². The van der Waals surface area contributed by atoms with E-state index in [0.29, 0.717) is 16.6 Å². The minimum atomic E-state index is 0.0872. The van der Waals surface area contributed by atoms with Gasteiger partial charge in [0.2, 0.25) is 0 Å². The van der Waals surface area contributed by atoms with Gasteiger partial charge in [-0.2, -0.15) is 0 Å². The summed E-state index contributed by atoms with van der Waals surface area (Å²) in [6.07, 6.45) is 0.869. The number of aliphatic hydroxyl groups is 1. The normalized spacial score (nSPS) is 12.6. The Labute approximate surface area is 128 Å². The SMILES string of the molecule is CC[C@H](CO)NCc1ccc(-c2cc(Cl)cc(Cl)c2)o1. The van der Waals surface area contributed by atoms with Crippen LogP contribution < -0.4 is 5.32 Å². The van der Waals surface area contributed by atoms with Crippen molar-refractivity contribution in [2.75, 3.05) is 6.61 Å². The topological polar surface area (TPSA) is 45.4 Å². The van der Waals surface area contributed by atoms with Crippen LogP contribution in [0.3, 0.4) is 0 Å². The first-order valence-corrected chi connectivity index (χ1v) is 7.27. The minimum absolute atomic E-state index is 0.0872. The monoisotopic (exact) mass is 313 g/mol. The molecule has 1 aromatic carbocycles. The molecule has 0 aliphatic carbocycles. The second-order valence-corrected chi connectivity index (χ2v) is 5.47. The fraction of sp³-hybridized carbons (Fsp3) is 0.333. The fourth-order valence-corrected chi connectivity index (χ4v) is 2.43. The molecule has 1 heterocycles. The molecule has 2 rings (SSSR count). The Hall–Kier alpha value is -1.00. The number of aliphatic hydroxyl groups excluding tert-OH is 1. The standard InChI is InChI=1S/C15H17Cl2NO2/c1-2-13(9-19)18-8-14-3-4-15(20-14)10-5-11(16)7-12(17)6-10/h3-7,13,18-19H,2,8-9H2,1H3/t13-/m1/s1. The zero-order chi connectivity index (χ0) is 14.5. The molecule has 0 bridgehead atoms. The van der Waals surface area contributed by atoms with E-state index < -0.39 is 0 Å². The van der Waals surface area contributed by atoms with E-state index in [1.165, 1.54) is 0 Å². The van der Waals surface area contributed by atoms with Gasteiger partial charge in [0.15, 0.2) is 0 Å². The lowest BCUT2D eigenvalue weighted by atomic mass is 10.2. The van der Waals surface area contributed by atoms with Gasteiger partial charge in [-0.3, -0.25) is 0 Å². The van der Waals surface area contributed by atoms with Crippen LogP contribution in [0.5, 0.6) is 0 Å². The number of halogens is 2. The van der Waals surface area contributed by atoms with Gasteiger partial charge in [0, 0.05) is 21.7 Å². The predicted molar refractivity (Wildman–Crippen MR) is 82.2 cm³/mol. The summed E-state index contributed by atoms with van der Waals surface area (Å²) in [5, 5.41) is 13.5. The number of hydrogen-bond donors (Lipinski definition) is 2. The van der Waals surface area contributed by atoms with Crippen LogP contribution in [0.4, 0.5) is 0 Å². The Bertz CT molecular complexity index is 545. The average molecular weight is 314 g/mol. The number of nitrogens with one attached hydrogen (secondary N) is 1. The Morgan fingerprint density at radius 1 is 1.20 bits per heavy atom. The molecule has 0 aliphatic heterocycles. The highest BCUT2D eigenvalue weighted by Crippen LogP contribution is 2.28. The molecule has 0 saturated heterocycles. The highest BCUT2D eigenvalue weighted by Gasteiger charge is 2.09. The third-order valence-electron chi connectivity index (χ3n) is 3.09. The lowest BCUT2D eigenvalue weighted by Gasteiger charge is -2.12. The molecular formula is C15H17Cl2NO2. The van der Waals surface area contributed by atoms with Crippen molar-refractivity contribution in [1.82, 2.24) is 5.32 Å². The smallest absolute Gasteiger partial charge is 0.134 e. The summed E-state index contributed by atoms with van der Waals surface area (Å²) in [4.78, 5) is 0. The lowest BCUT2D eigenvalue weighted by Crippen LogP contribution is -2.30. The van der Waals surface area contributed by atoms with Crippen LogP contribution in [0.15, 0.2) is 34.7 Å². The third-order valence-corrected chi connectivity index (χ3v) is 3.52. The van der Waals surface area contributed by atoms with Crippen LogP contribution in [0.25, 0.3) is 11.3 Å². The molecule has 3 nitrogen and oxygen atoms in total. The van der Waals surface area contributed by atoms with E-state index in [1.54, 1.807) is 6.07 Å². The molecule has 20 heavy (non-hydrogen) atoms. The molecule has 2 aromatic rings. The van der Waals surface area contributed by atoms with E-state index in [2.05, 4.69) is 5.32 Å². The van der Waals surface area contributed by atoms with Crippen molar-refractivity contribution in [2.24, 2.45) is 0 Å². The summed E-state index contributed by atoms with van der Waals surface area (Å²) in [5.74, 6) is 1.53. The molecule has 2 N–H and O–H groups in total. The van der Waals surface area contributed by atoms with Gasteiger partial charge in [0.25, 0.3) is 0 Å². The van der Waals surface area contributed by atoms with Gasteiger partial charge in [0.05, 0.1) is 13.2 Å². The maximum atomic E-state index is 9.13. The third kappa shape index (κ3) is 4.00.